The average molecular weight is 318 g/mol. The third-order valence-corrected chi connectivity index (χ3v) is 4.24. The van der Waals surface area contributed by atoms with Crippen molar-refractivity contribution in [2.24, 2.45) is 5.41 Å². The maximum absolute atomic E-state index is 12.6. The van der Waals surface area contributed by atoms with Gasteiger partial charge in [0.1, 0.15) is 5.41 Å². The molecule has 1 aliphatic heterocycles. The molecule has 2 rings (SSSR count). The number of anilines is 1. The van der Waals surface area contributed by atoms with E-state index in [1.807, 2.05) is 24.3 Å². The van der Waals surface area contributed by atoms with Crippen molar-refractivity contribution in [3.05, 3.63) is 29.8 Å². The standard InChI is InChI=1S/C18H26N2O3/c1-13(2)14-5-7-15(8-6-14)19-16(21)18(3,4)17(22)20-9-11-23-12-10-20/h5-8,13H,9-12H2,1-4H3,(H,19,21). The number of ether oxygens (including phenoxy) is 1. The lowest BCUT2D eigenvalue weighted by molar-refractivity contribution is -0.149. The Hall–Kier alpha value is -1.88. The molecule has 1 heterocycles. The molecule has 1 aromatic rings. The van der Waals surface area contributed by atoms with Crippen molar-refractivity contribution in [2.75, 3.05) is 31.6 Å². The predicted molar refractivity (Wildman–Crippen MR) is 90.3 cm³/mol. The van der Waals surface area contributed by atoms with Crippen LogP contribution < -0.4 is 5.32 Å². The Kier molecular flexibility index (Phi) is 5.42. The first-order valence-corrected chi connectivity index (χ1v) is 8.11. The third kappa shape index (κ3) is 4.10. The van der Waals surface area contributed by atoms with Crippen LogP contribution in [0.15, 0.2) is 24.3 Å². The summed E-state index contributed by atoms with van der Waals surface area (Å²) in [6.45, 7) is 9.72. The van der Waals surface area contributed by atoms with E-state index < -0.39 is 5.41 Å². The molecule has 0 bridgehead atoms. The highest BCUT2D eigenvalue weighted by atomic mass is 16.5. The van der Waals surface area contributed by atoms with E-state index >= 15 is 0 Å². The van der Waals surface area contributed by atoms with Gasteiger partial charge in [-0.05, 0) is 37.5 Å². The van der Waals surface area contributed by atoms with Gasteiger partial charge < -0.3 is 15.0 Å². The SMILES string of the molecule is CC(C)c1ccc(NC(=O)C(C)(C)C(=O)N2CCOCC2)cc1. The highest BCUT2D eigenvalue weighted by Crippen LogP contribution is 2.23. The maximum Gasteiger partial charge on any atom is 0.239 e. The van der Waals surface area contributed by atoms with E-state index in [9.17, 15) is 9.59 Å². The van der Waals surface area contributed by atoms with E-state index in [4.69, 9.17) is 4.74 Å². The van der Waals surface area contributed by atoms with Crippen LogP contribution in [0.25, 0.3) is 0 Å². The molecule has 5 nitrogen and oxygen atoms in total. The monoisotopic (exact) mass is 318 g/mol. The molecule has 0 atom stereocenters. The summed E-state index contributed by atoms with van der Waals surface area (Å²) >= 11 is 0. The Morgan fingerprint density at radius 3 is 2.22 bits per heavy atom. The van der Waals surface area contributed by atoms with Crippen molar-refractivity contribution < 1.29 is 14.3 Å². The summed E-state index contributed by atoms with van der Waals surface area (Å²) in [5, 5.41) is 2.85. The van der Waals surface area contributed by atoms with Crippen LogP contribution in [0.2, 0.25) is 0 Å². The Morgan fingerprint density at radius 1 is 1.13 bits per heavy atom. The topological polar surface area (TPSA) is 58.6 Å². The van der Waals surface area contributed by atoms with Gasteiger partial charge in [-0.1, -0.05) is 26.0 Å². The average Bonchev–Trinajstić information content (AvgIpc) is 2.55. The van der Waals surface area contributed by atoms with E-state index in [0.29, 0.717) is 37.9 Å². The minimum absolute atomic E-state index is 0.155. The van der Waals surface area contributed by atoms with Gasteiger partial charge in [0.15, 0.2) is 0 Å². The fourth-order valence-corrected chi connectivity index (χ4v) is 2.50. The normalized spacial score (nSPS) is 15.6. The number of hydrogen-bond donors (Lipinski definition) is 1. The fourth-order valence-electron chi connectivity index (χ4n) is 2.50. The van der Waals surface area contributed by atoms with Crippen molar-refractivity contribution in [1.29, 1.82) is 0 Å². The van der Waals surface area contributed by atoms with Gasteiger partial charge in [0.2, 0.25) is 11.8 Å². The first-order valence-electron chi connectivity index (χ1n) is 8.11. The molecule has 1 saturated heterocycles. The third-order valence-electron chi connectivity index (χ3n) is 4.24. The second-order valence-electron chi connectivity index (χ2n) is 6.76. The number of morpholine rings is 1. The van der Waals surface area contributed by atoms with Crippen LogP contribution >= 0.6 is 0 Å². The quantitative estimate of drug-likeness (QED) is 0.868. The van der Waals surface area contributed by atoms with Crippen LogP contribution in [0.1, 0.15) is 39.2 Å². The molecule has 0 saturated carbocycles. The van der Waals surface area contributed by atoms with Gasteiger partial charge in [-0.25, -0.2) is 0 Å². The number of rotatable bonds is 4. The van der Waals surface area contributed by atoms with Crippen LogP contribution in [-0.2, 0) is 14.3 Å². The lowest BCUT2D eigenvalue weighted by Gasteiger charge is -2.33. The largest absolute Gasteiger partial charge is 0.378 e. The first kappa shape index (κ1) is 17.5. The number of hydrogen-bond acceptors (Lipinski definition) is 3. The summed E-state index contributed by atoms with van der Waals surface area (Å²) in [5.41, 5.74) is 0.822. The minimum Gasteiger partial charge on any atom is -0.378 e. The molecule has 126 valence electrons. The zero-order valence-corrected chi connectivity index (χ0v) is 14.4. The van der Waals surface area contributed by atoms with Gasteiger partial charge in [0.25, 0.3) is 0 Å². The Morgan fingerprint density at radius 2 is 1.70 bits per heavy atom. The number of carbonyl (C=O) groups excluding carboxylic acids is 2. The summed E-state index contributed by atoms with van der Waals surface area (Å²) in [6.07, 6.45) is 0. The summed E-state index contributed by atoms with van der Waals surface area (Å²) in [7, 11) is 0. The molecule has 0 radical (unpaired) electrons. The molecule has 23 heavy (non-hydrogen) atoms. The van der Waals surface area contributed by atoms with E-state index in [1.165, 1.54) is 5.56 Å². The molecule has 0 spiro atoms. The first-order chi connectivity index (χ1) is 10.8. The summed E-state index contributed by atoms with van der Waals surface area (Å²) in [4.78, 5) is 26.9. The lowest BCUT2D eigenvalue weighted by Crippen LogP contribution is -2.51. The summed E-state index contributed by atoms with van der Waals surface area (Å²) < 4.78 is 5.25. The zero-order valence-electron chi connectivity index (χ0n) is 14.4. The molecule has 0 unspecified atom stereocenters. The van der Waals surface area contributed by atoms with Crippen LogP contribution in [-0.4, -0.2) is 43.0 Å². The van der Waals surface area contributed by atoms with Crippen molar-refractivity contribution in [2.45, 2.75) is 33.6 Å². The summed E-state index contributed by atoms with van der Waals surface area (Å²) in [6, 6.07) is 7.75. The fraction of sp³-hybridized carbons (Fsp3) is 0.556. The van der Waals surface area contributed by atoms with Crippen molar-refractivity contribution >= 4 is 17.5 Å². The molecule has 1 fully saturated rings. The Labute approximate surface area is 138 Å². The van der Waals surface area contributed by atoms with Crippen LogP contribution in [0.3, 0.4) is 0 Å². The van der Waals surface area contributed by atoms with Gasteiger partial charge in [0, 0.05) is 18.8 Å². The van der Waals surface area contributed by atoms with Gasteiger partial charge in [-0.2, -0.15) is 0 Å². The molecule has 5 heteroatoms. The van der Waals surface area contributed by atoms with E-state index in [-0.39, 0.29) is 11.8 Å². The Bertz CT molecular complexity index is 558. The van der Waals surface area contributed by atoms with E-state index in [0.717, 1.165) is 0 Å². The molecular weight excluding hydrogens is 292 g/mol. The van der Waals surface area contributed by atoms with Crippen LogP contribution in [0.5, 0.6) is 0 Å². The van der Waals surface area contributed by atoms with Crippen molar-refractivity contribution in [3.8, 4) is 0 Å². The van der Waals surface area contributed by atoms with E-state index in [2.05, 4.69) is 19.2 Å². The van der Waals surface area contributed by atoms with Crippen LogP contribution in [0, 0.1) is 5.41 Å². The molecule has 1 aromatic carbocycles. The number of nitrogens with one attached hydrogen (secondary N) is 1. The maximum atomic E-state index is 12.6. The molecule has 0 aromatic heterocycles. The molecule has 0 aliphatic carbocycles. The van der Waals surface area contributed by atoms with Crippen molar-refractivity contribution in [3.63, 3.8) is 0 Å². The zero-order chi connectivity index (χ0) is 17.0. The number of amides is 2. The molecular formula is C18H26N2O3. The Balaban J connectivity index is 2.04. The second kappa shape index (κ2) is 7.13. The highest BCUT2D eigenvalue weighted by Gasteiger charge is 2.39. The molecule has 1 N–H and O–H groups in total. The lowest BCUT2D eigenvalue weighted by atomic mass is 9.90. The summed E-state index contributed by atoms with van der Waals surface area (Å²) in [5.74, 6) is 0.00230. The van der Waals surface area contributed by atoms with E-state index in [1.54, 1.807) is 18.7 Å². The molecule has 1 aliphatic rings. The smallest absolute Gasteiger partial charge is 0.239 e. The van der Waals surface area contributed by atoms with Gasteiger partial charge in [0.05, 0.1) is 13.2 Å². The minimum atomic E-state index is -1.10. The van der Waals surface area contributed by atoms with Crippen molar-refractivity contribution in [1.82, 2.24) is 4.90 Å². The number of carbonyl (C=O) groups is 2. The molecule has 2 amide bonds. The van der Waals surface area contributed by atoms with Crippen LogP contribution in [0.4, 0.5) is 5.69 Å². The number of benzene rings is 1. The van der Waals surface area contributed by atoms with Gasteiger partial charge in [-0.15, -0.1) is 0 Å². The second-order valence-corrected chi connectivity index (χ2v) is 6.76. The number of nitrogens with zero attached hydrogens (tertiary/aromatic N) is 1. The highest BCUT2D eigenvalue weighted by molar-refractivity contribution is 6.09. The van der Waals surface area contributed by atoms with Gasteiger partial charge in [-0.3, -0.25) is 9.59 Å². The predicted octanol–water partition coefficient (Wildman–Crippen LogP) is 2.63. The van der Waals surface area contributed by atoms with Gasteiger partial charge >= 0.3 is 0 Å².